The zero-order valence-corrected chi connectivity index (χ0v) is 10.7. The van der Waals surface area contributed by atoms with Gasteiger partial charge in [-0.25, -0.2) is 0 Å². The summed E-state index contributed by atoms with van der Waals surface area (Å²) in [6, 6.07) is -0.523. The molecule has 2 aliphatic heterocycles. The number of hydrogen-bond acceptors (Lipinski definition) is 4. The number of rotatable bonds is 2. The van der Waals surface area contributed by atoms with Crippen LogP contribution in [0.5, 0.6) is 0 Å². The molecule has 17 heavy (non-hydrogen) atoms. The molecule has 0 radical (unpaired) electrons. The summed E-state index contributed by atoms with van der Waals surface area (Å²) in [6.07, 6.45) is 2.40. The molecule has 0 aromatic rings. The number of hydrogen-bond donors (Lipinski definition) is 3. The SMILES string of the molecule is N[C@@H](CS)C(=O)N1CCC2(CCNC2=O)CC1. The maximum Gasteiger partial charge on any atom is 0.240 e. The molecule has 0 unspecified atom stereocenters. The predicted octanol–water partition coefficient (Wildman–Crippen LogP) is -0.628. The summed E-state index contributed by atoms with van der Waals surface area (Å²) in [7, 11) is 0. The molecule has 2 aliphatic rings. The van der Waals surface area contributed by atoms with Crippen LogP contribution in [-0.4, -0.2) is 48.1 Å². The van der Waals surface area contributed by atoms with Crippen LogP contribution in [0.25, 0.3) is 0 Å². The van der Waals surface area contributed by atoms with Crippen LogP contribution in [0.2, 0.25) is 0 Å². The van der Waals surface area contributed by atoms with Crippen molar-refractivity contribution < 1.29 is 9.59 Å². The fraction of sp³-hybridized carbons (Fsp3) is 0.818. The minimum Gasteiger partial charge on any atom is -0.356 e. The van der Waals surface area contributed by atoms with Gasteiger partial charge in [0.2, 0.25) is 11.8 Å². The van der Waals surface area contributed by atoms with Crippen molar-refractivity contribution >= 4 is 24.4 Å². The molecule has 2 fully saturated rings. The van der Waals surface area contributed by atoms with Gasteiger partial charge in [0.25, 0.3) is 0 Å². The quantitative estimate of drug-likeness (QED) is 0.577. The second-order valence-electron chi connectivity index (χ2n) is 4.90. The fourth-order valence-electron chi connectivity index (χ4n) is 2.66. The van der Waals surface area contributed by atoms with E-state index in [1.165, 1.54) is 0 Å². The van der Waals surface area contributed by atoms with Crippen molar-refractivity contribution in [2.75, 3.05) is 25.4 Å². The van der Waals surface area contributed by atoms with Gasteiger partial charge in [-0.1, -0.05) is 0 Å². The van der Waals surface area contributed by atoms with E-state index in [9.17, 15) is 9.59 Å². The molecular weight excluding hydrogens is 238 g/mol. The Hall–Kier alpha value is -0.750. The standard InChI is InChI=1S/C11H19N3O2S/c12-8(7-17)9(15)14-5-2-11(3-6-14)1-4-13-10(11)16/h8,17H,1-7,12H2,(H,13,16)/t8-/m0/s1. The van der Waals surface area contributed by atoms with Crippen LogP contribution >= 0.6 is 12.6 Å². The van der Waals surface area contributed by atoms with Crippen LogP contribution in [0.1, 0.15) is 19.3 Å². The first-order chi connectivity index (χ1) is 8.09. The minimum absolute atomic E-state index is 0.0479. The first-order valence-corrected chi connectivity index (χ1v) is 6.66. The number of likely N-dealkylation sites (tertiary alicyclic amines) is 1. The molecule has 0 aliphatic carbocycles. The topological polar surface area (TPSA) is 75.4 Å². The number of amides is 2. The number of nitrogens with two attached hydrogens (primary N) is 1. The lowest BCUT2D eigenvalue weighted by atomic mass is 9.77. The van der Waals surface area contributed by atoms with Gasteiger partial charge in [0, 0.05) is 25.4 Å². The highest BCUT2D eigenvalue weighted by atomic mass is 32.1. The van der Waals surface area contributed by atoms with Crippen molar-refractivity contribution in [3.63, 3.8) is 0 Å². The second-order valence-corrected chi connectivity index (χ2v) is 5.27. The molecule has 0 bridgehead atoms. The summed E-state index contributed by atoms with van der Waals surface area (Å²) in [6.45, 7) is 2.03. The molecule has 1 spiro atoms. The summed E-state index contributed by atoms with van der Waals surface area (Å²) in [5.74, 6) is 0.470. The van der Waals surface area contributed by atoms with E-state index in [1.54, 1.807) is 4.90 Å². The number of nitrogens with one attached hydrogen (secondary N) is 1. The number of carbonyl (C=O) groups excluding carboxylic acids is 2. The van der Waals surface area contributed by atoms with Gasteiger partial charge in [0.1, 0.15) is 0 Å². The molecule has 2 saturated heterocycles. The monoisotopic (exact) mass is 257 g/mol. The molecular formula is C11H19N3O2S. The van der Waals surface area contributed by atoms with E-state index in [0.717, 1.165) is 25.8 Å². The molecule has 0 aromatic carbocycles. The third kappa shape index (κ3) is 2.28. The highest BCUT2D eigenvalue weighted by Gasteiger charge is 2.45. The molecule has 1 atom stereocenters. The molecule has 6 heteroatoms. The van der Waals surface area contributed by atoms with E-state index >= 15 is 0 Å². The maximum absolute atomic E-state index is 11.9. The number of nitrogens with zero attached hydrogens (tertiary/aromatic N) is 1. The van der Waals surface area contributed by atoms with E-state index in [4.69, 9.17) is 5.73 Å². The molecule has 96 valence electrons. The van der Waals surface area contributed by atoms with E-state index in [2.05, 4.69) is 17.9 Å². The lowest BCUT2D eigenvalue weighted by Gasteiger charge is -2.38. The molecule has 3 N–H and O–H groups in total. The van der Waals surface area contributed by atoms with Gasteiger partial charge in [-0.15, -0.1) is 0 Å². The van der Waals surface area contributed by atoms with Gasteiger partial charge >= 0.3 is 0 Å². The lowest BCUT2D eigenvalue weighted by Crippen LogP contribution is -2.51. The Labute approximate surface area is 107 Å². The first-order valence-electron chi connectivity index (χ1n) is 6.03. The van der Waals surface area contributed by atoms with Crippen molar-refractivity contribution in [1.82, 2.24) is 10.2 Å². The van der Waals surface area contributed by atoms with E-state index < -0.39 is 6.04 Å². The fourth-order valence-corrected chi connectivity index (χ4v) is 2.82. The van der Waals surface area contributed by atoms with Gasteiger partial charge in [-0.2, -0.15) is 12.6 Å². The molecule has 0 saturated carbocycles. The van der Waals surface area contributed by atoms with Crippen LogP contribution in [0.4, 0.5) is 0 Å². The van der Waals surface area contributed by atoms with E-state index in [1.807, 2.05) is 0 Å². The zero-order valence-electron chi connectivity index (χ0n) is 9.82. The zero-order chi connectivity index (χ0) is 12.5. The number of carbonyl (C=O) groups is 2. The van der Waals surface area contributed by atoms with Gasteiger partial charge in [0.05, 0.1) is 11.5 Å². The largest absolute Gasteiger partial charge is 0.356 e. The van der Waals surface area contributed by atoms with Crippen LogP contribution in [0.3, 0.4) is 0 Å². The normalized spacial score (nSPS) is 24.8. The van der Waals surface area contributed by atoms with Crippen molar-refractivity contribution in [3.8, 4) is 0 Å². The van der Waals surface area contributed by atoms with Crippen LogP contribution in [-0.2, 0) is 9.59 Å². The maximum atomic E-state index is 11.9. The van der Waals surface area contributed by atoms with Gasteiger partial charge in [0.15, 0.2) is 0 Å². The second kappa shape index (κ2) is 4.86. The Kier molecular flexibility index (Phi) is 3.63. The van der Waals surface area contributed by atoms with Crippen LogP contribution < -0.4 is 11.1 Å². The summed E-state index contributed by atoms with van der Waals surface area (Å²) < 4.78 is 0. The summed E-state index contributed by atoms with van der Waals surface area (Å²) in [5.41, 5.74) is 5.45. The molecule has 2 rings (SSSR count). The third-order valence-electron chi connectivity index (χ3n) is 3.92. The minimum atomic E-state index is -0.523. The Morgan fingerprint density at radius 1 is 1.47 bits per heavy atom. The summed E-state index contributed by atoms with van der Waals surface area (Å²) >= 11 is 4.03. The van der Waals surface area contributed by atoms with Crippen LogP contribution in [0.15, 0.2) is 0 Å². The van der Waals surface area contributed by atoms with Gasteiger partial charge in [-0.05, 0) is 19.3 Å². The van der Waals surface area contributed by atoms with Crippen molar-refractivity contribution in [3.05, 3.63) is 0 Å². The smallest absolute Gasteiger partial charge is 0.240 e. The lowest BCUT2D eigenvalue weighted by molar-refractivity contribution is -0.138. The molecule has 0 aromatic heterocycles. The average molecular weight is 257 g/mol. The van der Waals surface area contributed by atoms with E-state index in [-0.39, 0.29) is 17.2 Å². The molecule has 2 amide bonds. The summed E-state index contributed by atoms with van der Waals surface area (Å²) in [4.78, 5) is 25.4. The highest BCUT2D eigenvalue weighted by Crippen LogP contribution is 2.37. The Morgan fingerprint density at radius 3 is 2.59 bits per heavy atom. The Bertz CT molecular complexity index is 327. The number of piperidine rings is 1. The molecule has 5 nitrogen and oxygen atoms in total. The Balaban J connectivity index is 1.94. The average Bonchev–Trinajstić information content (AvgIpc) is 2.70. The van der Waals surface area contributed by atoms with Gasteiger partial charge in [-0.3, -0.25) is 9.59 Å². The highest BCUT2D eigenvalue weighted by molar-refractivity contribution is 7.80. The van der Waals surface area contributed by atoms with Gasteiger partial charge < -0.3 is 16.0 Å². The number of thiol groups is 1. The van der Waals surface area contributed by atoms with Crippen LogP contribution in [0, 0.1) is 5.41 Å². The van der Waals surface area contributed by atoms with Crippen molar-refractivity contribution in [1.29, 1.82) is 0 Å². The third-order valence-corrected chi connectivity index (χ3v) is 4.31. The Morgan fingerprint density at radius 2 is 2.12 bits per heavy atom. The molecule has 2 heterocycles. The summed E-state index contributed by atoms with van der Waals surface area (Å²) in [5, 5.41) is 2.88. The predicted molar refractivity (Wildman–Crippen MR) is 67.7 cm³/mol. The van der Waals surface area contributed by atoms with Crippen molar-refractivity contribution in [2.24, 2.45) is 11.1 Å². The van der Waals surface area contributed by atoms with E-state index in [0.29, 0.717) is 18.8 Å². The van der Waals surface area contributed by atoms with Crippen molar-refractivity contribution in [2.45, 2.75) is 25.3 Å². The first kappa shape index (κ1) is 12.7.